The van der Waals surface area contributed by atoms with Gasteiger partial charge in [-0.3, -0.25) is 0 Å². The van der Waals surface area contributed by atoms with Crippen LogP contribution in [0.15, 0.2) is 18.2 Å². The minimum Gasteiger partial charge on any atom is -0.360 e. The smallest absolute Gasteiger partial charge is 0.360 e. The van der Waals surface area contributed by atoms with Crippen molar-refractivity contribution in [2.75, 3.05) is 5.32 Å². The van der Waals surface area contributed by atoms with Gasteiger partial charge >= 0.3 is 6.18 Å². The molecule has 0 aliphatic heterocycles. The maximum Gasteiger partial charge on any atom is 0.418 e. The Morgan fingerprint density at radius 1 is 1.19 bits per heavy atom. The molecule has 1 aliphatic carbocycles. The molecule has 1 aromatic rings. The van der Waals surface area contributed by atoms with Gasteiger partial charge in [-0.15, -0.1) is 0 Å². The molecular formula is C14H16ClF3N2S. The molecule has 1 aromatic carbocycles. The summed E-state index contributed by atoms with van der Waals surface area (Å²) < 4.78 is 38.9. The minimum atomic E-state index is -4.48. The second kappa shape index (κ2) is 6.83. The largest absolute Gasteiger partial charge is 0.418 e. The molecule has 0 heterocycles. The topological polar surface area (TPSA) is 24.1 Å². The highest BCUT2D eigenvalue weighted by molar-refractivity contribution is 7.80. The molecule has 0 atom stereocenters. The Morgan fingerprint density at radius 3 is 2.48 bits per heavy atom. The van der Waals surface area contributed by atoms with Crippen LogP contribution in [0, 0.1) is 0 Å². The lowest BCUT2D eigenvalue weighted by Gasteiger charge is -2.25. The van der Waals surface area contributed by atoms with E-state index in [-0.39, 0.29) is 21.9 Å². The van der Waals surface area contributed by atoms with Gasteiger partial charge in [0.2, 0.25) is 0 Å². The quantitative estimate of drug-likeness (QED) is 0.745. The van der Waals surface area contributed by atoms with Gasteiger partial charge in [0.05, 0.1) is 11.3 Å². The monoisotopic (exact) mass is 336 g/mol. The third kappa shape index (κ3) is 4.74. The van der Waals surface area contributed by atoms with Crippen molar-refractivity contribution >= 4 is 34.6 Å². The predicted octanol–water partition coefficient (Wildman–Crippen LogP) is 4.98. The SMILES string of the molecule is FC(F)(F)c1cc(Cl)ccc1NC(=S)NC1CCCCC1. The summed E-state index contributed by atoms with van der Waals surface area (Å²) in [6, 6.07) is 3.83. The number of alkyl halides is 3. The van der Waals surface area contributed by atoms with E-state index in [0.717, 1.165) is 31.7 Å². The van der Waals surface area contributed by atoms with Gasteiger partial charge in [0.25, 0.3) is 0 Å². The van der Waals surface area contributed by atoms with E-state index in [2.05, 4.69) is 10.6 Å². The lowest BCUT2D eigenvalue weighted by Crippen LogP contribution is -2.39. The average Bonchev–Trinajstić information content (AvgIpc) is 2.40. The van der Waals surface area contributed by atoms with Gasteiger partial charge < -0.3 is 10.6 Å². The summed E-state index contributed by atoms with van der Waals surface area (Å²) in [5.74, 6) is 0. The number of halogens is 4. The maximum atomic E-state index is 13.0. The van der Waals surface area contributed by atoms with Gasteiger partial charge in [-0.2, -0.15) is 13.2 Å². The molecular weight excluding hydrogens is 321 g/mol. The molecule has 0 spiro atoms. The van der Waals surface area contributed by atoms with E-state index in [9.17, 15) is 13.2 Å². The molecule has 7 heteroatoms. The van der Waals surface area contributed by atoms with Crippen LogP contribution in [-0.2, 0) is 6.18 Å². The number of hydrogen-bond donors (Lipinski definition) is 2. The second-order valence-electron chi connectivity index (χ2n) is 5.12. The Bertz CT molecular complexity index is 513. The Kier molecular flexibility index (Phi) is 5.32. The van der Waals surface area contributed by atoms with Gasteiger partial charge in [0.1, 0.15) is 0 Å². The number of anilines is 1. The fourth-order valence-electron chi connectivity index (χ4n) is 2.45. The molecule has 2 nitrogen and oxygen atoms in total. The molecule has 0 unspecified atom stereocenters. The fraction of sp³-hybridized carbons (Fsp3) is 0.500. The molecule has 1 fully saturated rings. The van der Waals surface area contributed by atoms with Crippen LogP contribution in [0.5, 0.6) is 0 Å². The van der Waals surface area contributed by atoms with Crippen LogP contribution in [0.4, 0.5) is 18.9 Å². The summed E-state index contributed by atoms with van der Waals surface area (Å²) in [5.41, 5.74) is -0.900. The van der Waals surface area contributed by atoms with Gasteiger partial charge in [-0.05, 0) is 43.3 Å². The van der Waals surface area contributed by atoms with E-state index >= 15 is 0 Å². The zero-order valence-corrected chi connectivity index (χ0v) is 12.8. The average molecular weight is 337 g/mol. The molecule has 21 heavy (non-hydrogen) atoms. The van der Waals surface area contributed by atoms with Gasteiger partial charge in [0.15, 0.2) is 5.11 Å². The number of hydrogen-bond acceptors (Lipinski definition) is 1. The van der Waals surface area contributed by atoms with Crippen molar-refractivity contribution < 1.29 is 13.2 Å². The summed E-state index contributed by atoms with van der Waals surface area (Å²) in [5, 5.41) is 5.97. The standard InChI is InChI=1S/C14H16ClF3N2S/c15-9-6-7-12(11(8-9)14(16,17)18)20-13(21)19-10-4-2-1-3-5-10/h6-8,10H,1-5H2,(H2,19,20,21). The Morgan fingerprint density at radius 2 is 1.86 bits per heavy atom. The van der Waals surface area contributed by atoms with Crippen LogP contribution < -0.4 is 10.6 Å². The van der Waals surface area contributed by atoms with Crippen LogP contribution in [0.1, 0.15) is 37.7 Å². The van der Waals surface area contributed by atoms with Crippen molar-refractivity contribution in [3.05, 3.63) is 28.8 Å². The van der Waals surface area contributed by atoms with Crippen LogP contribution in [0.2, 0.25) is 5.02 Å². The predicted molar refractivity (Wildman–Crippen MR) is 82.7 cm³/mol. The molecule has 0 saturated heterocycles. The Balaban J connectivity index is 2.06. The molecule has 1 saturated carbocycles. The van der Waals surface area contributed by atoms with E-state index in [1.165, 1.54) is 18.6 Å². The molecule has 0 radical (unpaired) electrons. The first-order valence-electron chi connectivity index (χ1n) is 6.80. The summed E-state index contributed by atoms with van der Waals surface area (Å²) in [4.78, 5) is 0. The Labute approximate surface area is 132 Å². The van der Waals surface area contributed by atoms with Crippen LogP contribution in [0.25, 0.3) is 0 Å². The number of nitrogens with one attached hydrogen (secondary N) is 2. The van der Waals surface area contributed by atoms with Gasteiger partial charge in [-0.1, -0.05) is 30.9 Å². The fourth-order valence-corrected chi connectivity index (χ4v) is 2.90. The van der Waals surface area contributed by atoms with Crippen molar-refractivity contribution in [3.63, 3.8) is 0 Å². The third-order valence-electron chi connectivity index (χ3n) is 3.48. The van der Waals surface area contributed by atoms with Gasteiger partial charge in [-0.25, -0.2) is 0 Å². The van der Waals surface area contributed by atoms with Gasteiger partial charge in [0, 0.05) is 11.1 Å². The highest BCUT2D eigenvalue weighted by atomic mass is 35.5. The van der Waals surface area contributed by atoms with E-state index in [1.54, 1.807) is 0 Å². The summed E-state index contributed by atoms with van der Waals surface area (Å²) in [6.45, 7) is 0. The first-order valence-corrected chi connectivity index (χ1v) is 7.59. The number of benzene rings is 1. The molecule has 1 aliphatic rings. The summed E-state index contributed by atoms with van der Waals surface area (Å²) >= 11 is 10.7. The first kappa shape index (κ1) is 16.4. The minimum absolute atomic E-state index is 0.0408. The number of rotatable bonds is 2. The summed E-state index contributed by atoms with van der Waals surface area (Å²) in [7, 11) is 0. The van der Waals surface area contributed by atoms with Crippen LogP contribution in [-0.4, -0.2) is 11.2 Å². The maximum absolute atomic E-state index is 13.0. The molecule has 0 bridgehead atoms. The van der Waals surface area contributed by atoms with E-state index in [1.807, 2.05) is 0 Å². The molecule has 0 aromatic heterocycles. The van der Waals surface area contributed by atoms with Crippen molar-refractivity contribution in [1.29, 1.82) is 0 Å². The Hall–Kier alpha value is -1.01. The molecule has 116 valence electrons. The highest BCUT2D eigenvalue weighted by Gasteiger charge is 2.34. The van der Waals surface area contributed by atoms with E-state index in [4.69, 9.17) is 23.8 Å². The van der Waals surface area contributed by atoms with Crippen molar-refractivity contribution in [3.8, 4) is 0 Å². The van der Waals surface area contributed by atoms with Crippen LogP contribution >= 0.6 is 23.8 Å². The van der Waals surface area contributed by atoms with Crippen LogP contribution in [0.3, 0.4) is 0 Å². The lowest BCUT2D eigenvalue weighted by molar-refractivity contribution is -0.136. The highest BCUT2D eigenvalue weighted by Crippen LogP contribution is 2.36. The zero-order valence-electron chi connectivity index (χ0n) is 11.3. The molecule has 2 N–H and O–H groups in total. The first-order chi connectivity index (χ1) is 9.86. The van der Waals surface area contributed by atoms with Crippen molar-refractivity contribution in [1.82, 2.24) is 5.32 Å². The lowest BCUT2D eigenvalue weighted by atomic mass is 9.96. The zero-order chi connectivity index (χ0) is 15.5. The second-order valence-corrected chi connectivity index (χ2v) is 5.97. The van der Waals surface area contributed by atoms with Crippen molar-refractivity contribution in [2.24, 2.45) is 0 Å². The molecule has 2 rings (SSSR count). The third-order valence-corrected chi connectivity index (χ3v) is 3.93. The van der Waals surface area contributed by atoms with E-state index in [0.29, 0.717) is 0 Å². The number of thiocarbonyl (C=S) groups is 1. The normalized spacial score (nSPS) is 16.6. The van der Waals surface area contributed by atoms with Crippen molar-refractivity contribution in [2.45, 2.75) is 44.3 Å². The summed E-state index contributed by atoms with van der Waals surface area (Å²) in [6.07, 6.45) is 0.953. The van der Waals surface area contributed by atoms with E-state index < -0.39 is 11.7 Å². The molecule has 0 amide bonds.